The van der Waals surface area contributed by atoms with Crippen LogP contribution in [-0.4, -0.2) is 24.1 Å². The van der Waals surface area contributed by atoms with E-state index in [4.69, 9.17) is 16.3 Å². The minimum absolute atomic E-state index is 0.156. The molecule has 5 heteroatoms. The molecule has 0 bridgehead atoms. The first-order valence-corrected chi connectivity index (χ1v) is 7.64. The van der Waals surface area contributed by atoms with Crippen molar-refractivity contribution in [1.82, 2.24) is 0 Å². The average Bonchev–Trinajstić information content (AvgIpc) is 2.53. The van der Waals surface area contributed by atoms with Gasteiger partial charge in [0, 0.05) is 15.5 Å². The maximum atomic E-state index is 11.8. The molecule has 0 aliphatic carbocycles. The van der Waals surface area contributed by atoms with Crippen LogP contribution in [0, 0.1) is 0 Å². The monoisotopic (exact) mass is 320 g/mol. The Morgan fingerprint density at radius 2 is 1.67 bits per heavy atom. The molecule has 0 aromatic heterocycles. The summed E-state index contributed by atoms with van der Waals surface area (Å²) in [6, 6.07) is 15.9. The summed E-state index contributed by atoms with van der Waals surface area (Å²) in [5, 5.41) is 0.649. The predicted molar refractivity (Wildman–Crippen MR) is 83.9 cm³/mol. The maximum Gasteiger partial charge on any atom is 0.316 e. The first kappa shape index (κ1) is 15.6. The highest BCUT2D eigenvalue weighted by Crippen LogP contribution is 2.20. The molecule has 0 aliphatic heterocycles. The molecule has 0 saturated heterocycles. The van der Waals surface area contributed by atoms with Crippen LogP contribution < -0.4 is 0 Å². The summed E-state index contributed by atoms with van der Waals surface area (Å²) < 4.78 is 4.97. The fraction of sp³-hybridized carbons (Fsp3) is 0.125. The second-order valence-electron chi connectivity index (χ2n) is 4.19. The fourth-order valence-electron chi connectivity index (χ4n) is 1.57. The normalized spacial score (nSPS) is 10.1. The molecule has 0 unspecified atom stereocenters. The quantitative estimate of drug-likeness (QED) is 0.460. The molecule has 21 heavy (non-hydrogen) atoms. The molecule has 3 nitrogen and oxygen atoms in total. The summed E-state index contributed by atoms with van der Waals surface area (Å²) in [7, 11) is 0. The van der Waals surface area contributed by atoms with Gasteiger partial charge in [0.2, 0.25) is 0 Å². The van der Waals surface area contributed by atoms with Gasteiger partial charge in [-0.15, -0.1) is 11.8 Å². The molecule has 0 atom stereocenters. The second-order valence-corrected chi connectivity index (χ2v) is 5.68. The lowest BCUT2D eigenvalue weighted by Gasteiger charge is -2.04. The van der Waals surface area contributed by atoms with E-state index in [0.29, 0.717) is 10.6 Å². The molecular formula is C16H13ClO3S. The molecule has 0 radical (unpaired) electrons. The summed E-state index contributed by atoms with van der Waals surface area (Å²) in [5.74, 6) is -0.469. The zero-order valence-electron chi connectivity index (χ0n) is 11.1. The third kappa shape index (κ3) is 5.25. The van der Waals surface area contributed by atoms with Crippen molar-refractivity contribution in [2.45, 2.75) is 4.90 Å². The Hall–Kier alpha value is -1.78. The van der Waals surface area contributed by atoms with E-state index in [1.54, 1.807) is 36.4 Å². The molecule has 0 heterocycles. The Bertz CT molecular complexity index is 611. The van der Waals surface area contributed by atoms with Gasteiger partial charge >= 0.3 is 5.97 Å². The molecule has 0 saturated carbocycles. The van der Waals surface area contributed by atoms with Crippen molar-refractivity contribution in [3.8, 4) is 0 Å². The molecule has 2 aromatic carbocycles. The summed E-state index contributed by atoms with van der Waals surface area (Å²) in [6.45, 7) is -0.232. The highest BCUT2D eigenvalue weighted by Gasteiger charge is 2.10. The number of esters is 1. The zero-order chi connectivity index (χ0) is 15.1. The number of carbonyl (C=O) groups excluding carboxylic acids is 2. The van der Waals surface area contributed by atoms with E-state index >= 15 is 0 Å². The molecule has 2 aromatic rings. The largest absolute Gasteiger partial charge is 0.457 e. The van der Waals surface area contributed by atoms with Gasteiger partial charge in [-0.25, -0.2) is 0 Å². The number of carbonyl (C=O) groups is 2. The number of ketones is 1. The second kappa shape index (κ2) is 7.86. The van der Waals surface area contributed by atoms with Gasteiger partial charge in [-0.1, -0.05) is 41.9 Å². The van der Waals surface area contributed by atoms with Crippen LogP contribution in [0.25, 0.3) is 0 Å². The summed E-state index contributed by atoms with van der Waals surface area (Å²) in [5.41, 5.74) is 0.538. The van der Waals surface area contributed by atoms with Crippen LogP contribution >= 0.6 is 23.4 Å². The van der Waals surface area contributed by atoms with Crippen molar-refractivity contribution in [2.24, 2.45) is 0 Å². The lowest BCUT2D eigenvalue weighted by Crippen LogP contribution is -2.15. The number of rotatable bonds is 6. The fourth-order valence-corrected chi connectivity index (χ4v) is 2.39. The molecule has 0 aliphatic rings. The third-order valence-electron chi connectivity index (χ3n) is 2.63. The first-order valence-electron chi connectivity index (χ1n) is 6.27. The van der Waals surface area contributed by atoms with Crippen molar-refractivity contribution < 1.29 is 14.3 Å². The van der Waals surface area contributed by atoms with Crippen LogP contribution in [0.1, 0.15) is 10.4 Å². The third-order valence-corrected chi connectivity index (χ3v) is 3.87. The van der Waals surface area contributed by atoms with Crippen molar-refractivity contribution in [3.63, 3.8) is 0 Å². The van der Waals surface area contributed by atoms with Crippen LogP contribution in [0.3, 0.4) is 0 Å². The van der Waals surface area contributed by atoms with Gasteiger partial charge in [0.25, 0.3) is 0 Å². The Balaban J connectivity index is 1.75. The van der Waals surface area contributed by atoms with Crippen LogP contribution in [0.2, 0.25) is 5.02 Å². The van der Waals surface area contributed by atoms with E-state index in [1.807, 2.05) is 18.2 Å². The van der Waals surface area contributed by atoms with Crippen LogP contribution in [0.5, 0.6) is 0 Å². The van der Waals surface area contributed by atoms with E-state index in [1.165, 1.54) is 11.8 Å². The Morgan fingerprint density at radius 3 is 2.33 bits per heavy atom. The lowest BCUT2D eigenvalue weighted by molar-refractivity contribution is -0.139. The Kier molecular flexibility index (Phi) is 5.84. The van der Waals surface area contributed by atoms with Crippen LogP contribution in [0.15, 0.2) is 59.5 Å². The summed E-state index contributed by atoms with van der Waals surface area (Å²) in [4.78, 5) is 24.3. The molecule has 0 fully saturated rings. The highest BCUT2D eigenvalue weighted by molar-refractivity contribution is 8.00. The molecular weight excluding hydrogens is 308 g/mol. The first-order chi connectivity index (χ1) is 10.1. The molecule has 108 valence electrons. The van der Waals surface area contributed by atoms with E-state index in [0.717, 1.165) is 4.90 Å². The van der Waals surface area contributed by atoms with Crippen molar-refractivity contribution >= 4 is 35.1 Å². The lowest BCUT2D eigenvalue weighted by atomic mass is 10.1. The highest BCUT2D eigenvalue weighted by atomic mass is 35.5. The summed E-state index contributed by atoms with van der Waals surface area (Å²) >= 11 is 7.12. The Morgan fingerprint density at radius 1 is 1.00 bits per heavy atom. The van der Waals surface area contributed by atoms with Gasteiger partial charge in [-0.3, -0.25) is 9.59 Å². The number of Topliss-reactive ketones (excluding diaryl/α,β-unsaturated/α-hetero) is 1. The van der Waals surface area contributed by atoms with E-state index in [2.05, 4.69) is 0 Å². The standard InChI is InChI=1S/C16H13ClO3S/c17-13-6-8-14(9-7-13)21-11-16(19)20-10-15(18)12-4-2-1-3-5-12/h1-9H,10-11H2. The maximum absolute atomic E-state index is 11.8. The minimum atomic E-state index is -0.417. The van der Waals surface area contributed by atoms with Gasteiger partial charge in [0.1, 0.15) is 0 Å². The van der Waals surface area contributed by atoms with Gasteiger partial charge in [0.15, 0.2) is 12.4 Å². The van der Waals surface area contributed by atoms with E-state index < -0.39 is 5.97 Å². The van der Waals surface area contributed by atoms with Gasteiger partial charge in [-0.2, -0.15) is 0 Å². The number of hydrogen-bond donors (Lipinski definition) is 0. The number of ether oxygens (including phenoxy) is 1. The van der Waals surface area contributed by atoms with Gasteiger partial charge in [0.05, 0.1) is 5.75 Å². The van der Waals surface area contributed by atoms with E-state index in [9.17, 15) is 9.59 Å². The molecule has 2 rings (SSSR count). The zero-order valence-corrected chi connectivity index (χ0v) is 12.7. The summed E-state index contributed by atoms with van der Waals surface area (Å²) in [6.07, 6.45) is 0. The predicted octanol–water partition coefficient (Wildman–Crippen LogP) is 3.86. The Labute approximate surface area is 132 Å². The topological polar surface area (TPSA) is 43.4 Å². The van der Waals surface area contributed by atoms with Crippen molar-refractivity contribution in [2.75, 3.05) is 12.4 Å². The molecule has 0 spiro atoms. The number of hydrogen-bond acceptors (Lipinski definition) is 4. The number of benzene rings is 2. The SMILES string of the molecule is O=C(CSc1ccc(Cl)cc1)OCC(=O)c1ccccc1. The van der Waals surface area contributed by atoms with Crippen LogP contribution in [0.4, 0.5) is 0 Å². The minimum Gasteiger partial charge on any atom is -0.457 e. The number of halogens is 1. The average molecular weight is 321 g/mol. The van der Waals surface area contributed by atoms with E-state index in [-0.39, 0.29) is 18.1 Å². The van der Waals surface area contributed by atoms with Crippen molar-refractivity contribution in [3.05, 3.63) is 65.2 Å². The molecule has 0 amide bonds. The molecule has 0 N–H and O–H groups in total. The van der Waals surface area contributed by atoms with Crippen molar-refractivity contribution in [1.29, 1.82) is 0 Å². The van der Waals surface area contributed by atoms with Gasteiger partial charge in [-0.05, 0) is 24.3 Å². The van der Waals surface area contributed by atoms with Gasteiger partial charge < -0.3 is 4.74 Å². The number of thioether (sulfide) groups is 1. The smallest absolute Gasteiger partial charge is 0.316 e. The van der Waals surface area contributed by atoms with Crippen LogP contribution in [-0.2, 0) is 9.53 Å².